The summed E-state index contributed by atoms with van der Waals surface area (Å²) in [5.74, 6) is 0.362. The fourth-order valence-electron chi connectivity index (χ4n) is 2.08. The molecule has 21 heavy (non-hydrogen) atoms. The monoisotopic (exact) mass is 284 g/mol. The molecule has 3 rings (SSSR count). The molecule has 0 atom stereocenters. The number of anilines is 1. The van der Waals surface area contributed by atoms with Crippen molar-refractivity contribution in [2.24, 2.45) is 0 Å². The zero-order chi connectivity index (χ0) is 14.8. The van der Waals surface area contributed by atoms with Gasteiger partial charge in [0.25, 0.3) is 5.91 Å². The van der Waals surface area contributed by atoms with Gasteiger partial charge in [0.15, 0.2) is 0 Å². The molecule has 108 valence electrons. The van der Waals surface area contributed by atoms with Crippen molar-refractivity contribution in [3.05, 3.63) is 41.3 Å². The SMILES string of the molecule is CC(C(=O)Nc1cc(-c2nnco2)ccc1C)=C1CNC1. The molecule has 2 N–H and O–H groups in total. The van der Waals surface area contributed by atoms with Crippen LogP contribution in [-0.4, -0.2) is 29.2 Å². The van der Waals surface area contributed by atoms with Gasteiger partial charge in [-0.2, -0.15) is 0 Å². The number of nitrogens with zero attached hydrogens (tertiary/aromatic N) is 2. The number of hydrogen-bond donors (Lipinski definition) is 2. The molecule has 0 spiro atoms. The van der Waals surface area contributed by atoms with Gasteiger partial charge in [0, 0.05) is 29.9 Å². The van der Waals surface area contributed by atoms with Crippen LogP contribution in [0.15, 0.2) is 40.2 Å². The molecule has 0 bridgehead atoms. The summed E-state index contributed by atoms with van der Waals surface area (Å²) in [5, 5.41) is 13.6. The average Bonchev–Trinajstić information content (AvgIpc) is 2.93. The highest BCUT2D eigenvalue weighted by atomic mass is 16.4. The Balaban J connectivity index is 1.85. The number of aryl methyl sites for hydroxylation is 1. The molecule has 6 heteroatoms. The van der Waals surface area contributed by atoms with E-state index in [0.29, 0.717) is 5.89 Å². The first-order valence-corrected chi connectivity index (χ1v) is 6.73. The van der Waals surface area contributed by atoms with E-state index < -0.39 is 0 Å². The molecule has 6 nitrogen and oxygen atoms in total. The average molecular weight is 284 g/mol. The molecule has 1 saturated heterocycles. The maximum atomic E-state index is 12.2. The standard InChI is InChI=1S/C15H16N4O2/c1-9-3-4-11(15-19-17-8-21-15)5-13(9)18-14(20)10(2)12-6-16-7-12/h3-5,8,16H,6-7H2,1-2H3,(H,18,20). The number of amides is 1. The third kappa shape index (κ3) is 2.71. The van der Waals surface area contributed by atoms with Crippen molar-refractivity contribution in [1.29, 1.82) is 0 Å². The van der Waals surface area contributed by atoms with Crippen molar-refractivity contribution in [2.45, 2.75) is 13.8 Å². The van der Waals surface area contributed by atoms with E-state index in [1.54, 1.807) is 0 Å². The Hall–Kier alpha value is -2.47. The molecule has 1 aliphatic rings. The van der Waals surface area contributed by atoms with Crippen molar-refractivity contribution < 1.29 is 9.21 Å². The molecule has 2 aromatic rings. The van der Waals surface area contributed by atoms with Gasteiger partial charge in [0.2, 0.25) is 12.3 Å². The zero-order valence-corrected chi connectivity index (χ0v) is 11.9. The van der Waals surface area contributed by atoms with Crippen LogP contribution in [0.2, 0.25) is 0 Å². The molecule has 1 aliphatic heterocycles. The van der Waals surface area contributed by atoms with Gasteiger partial charge in [-0.05, 0) is 37.1 Å². The van der Waals surface area contributed by atoms with Gasteiger partial charge >= 0.3 is 0 Å². The minimum atomic E-state index is -0.0720. The Morgan fingerprint density at radius 3 is 2.81 bits per heavy atom. The number of carbonyl (C=O) groups is 1. The van der Waals surface area contributed by atoms with E-state index in [2.05, 4.69) is 20.8 Å². The van der Waals surface area contributed by atoms with Crippen LogP contribution in [0, 0.1) is 6.92 Å². The van der Waals surface area contributed by atoms with E-state index in [4.69, 9.17) is 4.42 Å². The summed E-state index contributed by atoms with van der Waals surface area (Å²) in [5.41, 5.74) is 4.44. The Bertz CT molecular complexity index is 698. The number of benzene rings is 1. The molecule has 0 aliphatic carbocycles. The van der Waals surface area contributed by atoms with Gasteiger partial charge in [-0.1, -0.05) is 6.07 Å². The van der Waals surface area contributed by atoms with E-state index in [1.807, 2.05) is 32.0 Å². The second kappa shape index (κ2) is 5.49. The van der Waals surface area contributed by atoms with Crippen molar-refractivity contribution in [2.75, 3.05) is 18.4 Å². The Morgan fingerprint density at radius 2 is 2.19 bits per heavy atom. The molecule has 2 heterocycles. The predicted octanol–water partition coefficient (Wildman–Crippen LogP) is 1.90. The summed E-state index contributed by atoms with van der Waals surface area (Å²) in [4.78, 5) is 12.2. The molecule has 1 aromatic heterocycles. The molecular formula is C15H16N4O2. The molecular weight excluding hydrogens is 268 g/mol. The molecule has 1 aromatic carbocycles. The van der Waals surface area contributed by atoms with Crippen molar-refractivity contribution >= 4 is 11.6 Å². The van der Waals surface area contributed by atoms with Gasteiger partial charge < -0.3 is 15.1 Å². The number of hydrogen-bond acceptors (Lipinski definition) is 5. The smallest absolute Gasteiger partial charge is 0.251 e. The van der Waals surface area contributed by atoms with Crippen LogP contribution in [0.25, 0.3) is 11.5 Å². The highest BCUT2D eigenvalue weighted by Gasteiger charge is 2.17. The summed E-state index contributed by atoms with van der Waals surface area (Å²) in [7, 11) is 0. The topological polar surface area (TPSA) is 80.1 Å². The lowest BCUT2D eigenvalue weighted by molar-refractivity contribution is -0.112. The lowest BCUT2D eigenvalue weighted by Gasteiger charge is -2.21. The van der Waals surface area contributed by atoms with Crippen LogP contribution in [0.5, 0.6) is 0 Å². The Kier molecular flexibility index (Phi) is 3.53. The predicted molar refractivity (Wildman–Crippen MR) is 78.7 cm³/mol. The lowest BCUT2D eigenvalue weighted by Crippen LogP contribution is -2.36. The first kappa shape index (κ1) is 13.5. The van der Waals surface area contributed by atoms with Gasteiger partial charge in [-0.3, -0.25) is 4.79 Å². The van der Waals surface area contributed by atoms with Crippen LogP contribution in [-0.2, 0) is 4.79 Å². The lowest BCUT2D eigenvalue weighted by atomic mass is 10.0. The molecule has 1 fully saturated rings. The van der Waals surface area contributed by atoms with E-state index in [-0.39, 0.29) is 5.91 Å². The largest absolute Gasteiger partial charge is 0.423 e. The van der Waals surface area contributed by atoms with Crippen LogP contribution in [0.3, 0.4) is 0 Å². The number of carbonyl (C=O) groups excluding carboxylic acids is 1. The van der Waals surface area contributed by atoms with Gasteiger partial charge in [0.05, 0.1) is 0 Å². The summed E-state index contributed by atoms with van der Waals surface area (Å²) >= 11 is 0. The minimum absolute atomic E-state index is 0.0720. The van der Waals surface area contributed by atoms with E-state index >= 15 is 0 Å². The van der Waals surface area contributed by atoms with Crippen LogP contribution in [0.4, 0.5) is 5.69 Å². The summed E-state index contributed by atoms with van der Waals surface area (Å²) in [6, 6.07) is 5.65. The van der Waals surface area contributed by atoms with Crippen molar-refractivity contribution in [3.8, 4) is 11.5 Å². The van der Waals surface area contributed by atoms with Crippen molar-refractivity contribution in [3.63, 3.8) is 0 Å². The minimum Gasteiger partial charge on any atom is -0.423 e. The zero-order valence-electron chi connectivity index (χ0n) is 11.9. The van der Waals surface area contributed by atoms with Crippen molar-refractivity contribution in [1.82, 2.24) is 15.5 Å². The molecule has 0 radical (unpaired) electrons. The van der Waals surface area contributed by atoms with Crippen LogP contribution < -0.4 is 10.6 Å². The molecule has 0 unspecified atom stereocenters. The summed E-state index contributed by atoms with van der Waals surface area (Å²) in [6.07, 6.45) is 1.28. The molecule has 0 saturated carbocycles. The summed E-state index contributed by atoms with van der Waals surface area (Å²) in [6.45, 7) is 5.38. The summed E-state index contributed by atoms with van der Waals surface area (Å²) < 4.78 is 5.18. The Labute approximate surface area is 122 Å². The second-order valence-corrected chi connectivity index (χ2v) is 5.06. The van der Waals surface area contributed by atoms with Gasteiger partial charge in [-0.25, -0.2) is 0 Å². The highest BCUT2D eigenvalue weighted by molar-refractivity contribution is 6.04. The van der Waals surface area contributed by atoms with Crippen LogP contribution in [0.1, 0.15) is 12.5 Å². The van der Waals surface area contributed by atoms with Crippen LogP contribution >= 0.6 is 0 Å². The first-order chi connectivity index (χ1) is 10.1. The van der Waals surface area contributed by atoms with Gasteiger partial charge in [-0.15, -0.1) is 10.2 Å². The third-order valence-electron chi connectivity index (χ3n) is 3.64. The van der Waals surface area contributed by atoms with E-state index in [0.717, 1.165) is 41.1 Å². The fraction of sp³-hybridized carbons (Fsp3) is 0.267. The number of rotatable bonds is 3. The second-order valence-electron chi connectivity index (χ2n) is 5.06. The third-order valence-corrected chi connectivity index (χ3v) is 3.64. The maximum Gasteiger partial charge on any atom is 0.251 e. The van der Waals surface area contributed by atoms with E-state index in [9.17, 15) is 4.79 Å². The number of nitrogens with one attached hydrogen (secondary N) is 2. The van der Waals surface area contributed by atoms with Gasteiger partial charge in [0.1, 0.15) is 0 Å². The quantitative estimate of drug-likeness (QED) is 0.841. The van der Waals surface area contributed by atoms with E-state index in [1.165, 1.54) is 6.39 Å². The normalized spacial score (nSPS) is 13.7. The highest BCUT2D eigenvalue weighted by Crippen LogP contribution is 2.24. The number of aromatic nitrogens is 2. The molecule has 1 amide bonds. The maximum absolute atomic E-state index is 12.2. The Morgan fingerprint density at radius 1 is 1.38 bits per heavy atom. The first-order valence-electron chi connectivity index (χ1n) is 6.73. The fourth-order valence-corrected chi connectivity index (χ4v) is 2.08.